The minimum atomic E-state index is 0.338. The maximum Gasteiger partial charge on any atom is 0.129 e. The fraction of sp³-hybridized carbons (Fsp3) is 0.389. The third-order valence-electron chi connectivity index (χ3n) is 4.68. The van der Waals surface area contributed by atoms with Gasteiger partial charge in [0.1, 0.15) is 12.1 Å². The second-order valence-corrected chi connectivity index (χ2v) is 6.46. The SMILES string of the molecule is NC1CC(c2cc(NCCCn3ncc4ccccc43)ncn2)C1. The van der Waals surface area contributed by atoms with Gasteiger partial charge in [0.05, 0.1) is 11.7 Å². The van der Waals surface area contributed by atoms with Crippen LogP contribution in [0.15, 0.2) is 42.9 Å². The van der Waals surface area contributed by atoms with Crippen molar-refractivity contribution in [3.05, 3.63) is 48.5 Å². The molecule has 1 aromatic carbocycles. The predicted octanol–water partition coefficient (Wildman–Crippen LogP) is 2.53. The summed E-state index contributed by atoms with van der Waals surface area (Å²) < 4.78 is 2.05. The molecule has 3 aromatic rings. The smallest absolute Gasteiger partial charge is 0.129 e. The summed E-state index contributed by atoms with van der Waals surface area (Å²) in [4.78, 5) is 8.69. The van der Waals surface area contributed by atoms with Gasteiger partial charge in [-0.05, 0) is 25.3 Å². The van der Waals surface area contributed by atoms with Crippen molar-refractivity contribution < 1.29 is 0 Å². The standard InChI is InChI=1S/C18H22N6/c19-15-8-14(9-15)16-10-18(22-12-21-16)20-6-3-7-24-17-5-2-1-4-13(17)11-23-24/h1-2,4-5,10-12,14-15H,3,6-9,19H2,(H,20,21,22). The first kappa shape index (κ1) is 15.1. The van der Waals surface area contributed by atoms with Crippen LogP contribution in [0.2, 0.25) is 0 Å². The zero-order chi connectivity index (χ0) is 16.4. The van der Waals surface area contributed by atoms with Crippen molar-refractivity contribution in [3.8, 4) is 0 Å². The Morgan fingerprint density at radius 2 is 2.08 bits per heavy atom. The summed E-state index contributed by atoms with van der Waals surface area (Å²) in [6.45, 7) is 1.74. The molecular formula is C18H22N6. The number of benzene rings is 1. The number of nitrogens with zero attached hydrogens (tertiary/aromatic N) is 4. The number of nitrogens with one attached hydrogen (secondary N) is 1. The van der Waals surface area contributed by atoms with Gasteiger partial charge in [-0.3, -0.25) is 4.68 Å². The van der Waals surface area contributed by atoms with Crippen LogP contribution in [0.5, 0.6) is 0 Å². The summed E-state index contributed by atoms with van der Waals surface area (Å²) in [6, 6.07) is 10.7. The summed E-state index contributed by atoms with van der Waals surface area (Å²) in [5, 5.41) is 9.03. The lowest BCUT2D eigenvalue weighted by Crippen LogP contribution is -2.35. The molecule has 1 aliphatic rings. The van der Waals surface area contributed by atoms with Gasteiger partial charge in [-0.15, -0.1) is 0 Å². The molecule has 0 saturated heterocycles. The Balaban J connectivity index is 1.30. The molecule has 24 heavy (non-hydrogen) atoms. The lowest BCUT2D eigenvalue weighted by Gasteiger charge is -2.31. The number of para-hydroxylation sites is 1. The summed E-state index contributed by atoms with van der Waals surface area (Å²) in [7, 11) is 0. The fourth-order valence-corrected chi connectivity index (χ4v) is 3.24. The van der Waals surface area contributed by atoms with E-state index in [1.807, 2.05) is 18.3 Å². The highest BCUT2D eigenvalue weighted by Crippen LogP contribution is 2.34. The lowest BCUT2D eigenvalue weighted by atomic mass is 9.79. The summed E-state index contributed by atoms with van der Waals surface area (Å²) in [6.07, 6.45) is 6.61. The van der Waals surface area contributed by atoms with Crippen LogP contribution < -0.4 is 11.1 Å². The highest BCUT2D eigenvalue weighted by molar-refractivity contribution is 5.78. The van der Waals surface area contributed by atoms with Crippen molar-refractivity contribution in [2.75, 3.05) is 11.9 Å². The van der Waals surface area contributed by atoms with Gasteiger partial charge in [0, 0.05) is 42.2 Å². The number of anilines is 1. The number of aromatic nitrogens is 4. The van der Waals surface area contributed by atoms with E-state index in [0.717, 1.165) is 43.9 Å². The molecule has 0 unspecified atom stereocenters. The number of nitrogens with two attached hydrogens (primary N) is 1. The monoisotopic (exact) mass is 322 g/mol. The molecule has 6 nitrogen and oxygen atoms in total. The van der Waals surface area contributed by atoms with Crippen LogP contribution in [0.3, 0.4) is 0 Å². The summed E-state index contributed by atoms with van der Waals surface area (Å²) in [5.41, 5.74) is 8.15. The van der Waals surface area contributed by atoms with Gasteiger partial charge in [-0.2, -0.15) is 5.10 Å². The third kappa shape index (κ3) is 3.10. The number of rotatable bonds is 6. The quantitative estimate of drug-likeness (QED) is 0.682. The number of aryl methyl sites for hydroxylation is 1. The second-order valence-electron chi connectivity index (χ2n) is 6.46. The van der Waals surface area contributed by atoms with Crippen LogP contribution in [0, 0.1) is 0 Å². The Bertz CT molecular complexity index is 821. The maximum atomic E-state index is 5.86. The van der Waals surface area contributed by atoms with E-state index < -0.39 is 0 Å². The Hall–Kier alpha value is -2.47. The topological polar surface area (TPSA) is 81.6 Å². The van der Waals surface area contributed by atoms with Crippen LogP contribution >= 0.6 is 0 Å². The Labute approximate surface area is 141 Å². The van der Waals surface area contributed by atoms with E-state index in [2.05, 4.69) is 43.3 Å². The zero-order valence-corrected chi connectivity index (χ0v) is 13.6. The number of fused-ring (bicyclic) bond motifs is 1. The van der Waals surface area contributed by atoms with Gasteiger partial charge in [0.2, 0.25) is 0 Å². The minimum absolute atomic E-state index is 0.338. The average Bonchev–Trinajstić information content (AvgIpc) is 2.99. The number of hydrogen-bond acceptors (Lipinski definition) is 5. The molecule has 1 fully saturated rings. The van der Waals surface area contributed by atoms with E-state index in [-0.39, 0.29) is 0 Å². The van der Waals surface area contributed by atoms with Crippen molar-refractivity contribution in [2.45, 2.75) is 37.8 Å². The van der Waals surface area contributed by atoms with Crippen LogP contribution in [-0.2, 0) is 6.54 Å². The Morgan fingerprint density at radius 1 is 1.21 bits per heavy atom. The van der Waals surface area contributed by atoms with Crippen molar-refractivity contribution >= 4 is 16.7 Å². The molecule has 2 heterocycles. The summed E-state index contributed by atoms with van der Waals surface area (Å²) >= 11 is 0. The van der Waals surface area contributed by atoms with Crippen molar-refractivity contribution in [3.63, 3.8) is 0 Å². The molecule has 0 bridgehead atoms. The molecule has 3 N–H and O–H groups in total. The minimum Gasteiger partial charge on any atom is -0.370 e. The molecule has 0 atom stereocenters. The third-order valence-corrected chi connectivity index (χ3v) is 4.68. The van der Waals surface area contributed by atoms with E-state index in [9.17, 15) is 0 Å². The molecule has 4 rings (SSSR count). The van der Waals surface area contributed by atoms with E-state index in [4.69, 9.17) is 5.73 Å². The first-order chi connectivity index (χ1) is 11.8. The van der Waals surface area contributed by atoms with Gasteiger partial charge >= 0.3 is 0 Å². The first-order valence-electron chi connectivity index (χ1n) is 8.51. The lowest BCUT2D eigenvalue weighted by molar-refractivity contribution is 0.345. The zero-order valence-electron chi connectivity index (χ0n) is 13.6. The molecule has 6 heteroatoms. The van der Waals surface area contributed by atoms with Gasteiger partial charge < -0.3 is 11.1 Å². The molecule has 0 aliphatic heterocycles. The largest absolute Gasteiger partial charge is 0.370 e. The highest BCUT2D eigenvalue weighted by atomic mass is 15.3. The predicted molar refractivity (Wildman–Crippen MR) is 94.8 cm³/mol. The van der Waals surface area contributed by atoms with Crippen molar-refractivity contribution in [1.29, 1.82) is 0 Å². The van der Waals surface area contributed by atoms with Gasteiger partial charge in [-0.25, -0.2) is 9.97 Å². The maximum absolute atomic E-state index is 5.86. The van der Waals surface area contributed by atoms with E-state index >= 15 is 0 Å². The van der Waals surface area contributed by atoms with Crippen LogP contribution in [0.25, 0.3) is 10.9 Å². The van der Waals surface area contributed by atoms with Crippen LogP contribution in [0.1, 0.15) is 30.9 Å². The normalized spacial score (nSPS) is 20.0. The fourth-order valence-electron chi connectivity index (χ4n) is 3.24. The average molecular weight is 322 g/mol. The van der Waals surface area contributed by atoms with E-state index in [0.29, 0.717) is 12.0 Å². The molecule has 124 valence electrons. The van der Waals surface area contributed by atoms with Crippen molar-refractivity contribution in [1.82, 2.24) is 19.7 Å². The molecule has 1 aliphatic carbocycles. The number of hydrogen-bond donors (Lipinski definition) is 2. The molecule has 0 radical (unpaired) electrons. The first-order valence-corrected chi connectivity index (χ1v) is 8.51. The van der Waals surface area contributed by atoms with E-state index in [1.54, 1.807) is 6.33 Å². The van der Waals surface area contributed by atoms with Crippen LogP contribution in [-0.4, -0.2) is 32.3 Å². The van der Waals surface area contributed by atoms with Gasteiger partial charge in [0.15, 0.2) is 0 Å². The van der Waals surface area contributed by atoms with Crippen LogP contribution in [0.4, 0.5) is 5.82 Å². The summed E-state index contributed by atoms with van der Waals surface area (Å²) in [5.74, 6) is 1.39. The van der Waals surface area contributed by atoms with E-state index in [1.165, 1.54) is 10.9 Å². The van der Waals surface area contributed by atoms with Crippen molar-refractivity contribution in [2.24, 2.45) is 5.73 Å². The molecule has 1 saturated carbocycles. The van der Waals surface area contributed by atoms with Gasteiger partial charge in [-0.1, -0.05) is 18.2 Å². The Kier molecular flexibility index (Phi) is 4.13. The molecule has 0 spiro atoms. The Morgan fingerprint density at radius 3 is 2.96 bits per heavy atom. The highest BCUT2D eigenvalue weighted by Gasteiger charge is 2.28. The molecule has 0 amide bonds. The van der Waals surface area contributed by atoms with Gasteiger partial charge in [0.25, 0.3) is 0 Å². The molecule has 2 aromatic heterocycles. The second kappa shape index (κ2) is 6.57. The molecular weight excluding hydrogens is 300 g/mol.